The Balaban J connectivity index is 2.32. The summed E-state index contributed by atoms with van der Waals surface area (Å²) in [4.78, 5) is 0. The van der Waals surface area contributed by atoms with Crippen LogP contribution < -0.4 is 5.73 Å². The first kappa shape index (κ1) is 7.28. The summed E-state index contributed by atoms with van der Waals surface area (Å²) < 4.78 is 5.49. The third-order valence-electron chi connectivity index (χ3n) is 2.03. The fourth-order valence-corrected chi connectivity index (χ4v) is 2.35. The molecule has 0 fully saturated rings. The highest BCUT2D eigenvalue weighted by molar-refractivity contribution is 7.08. The predicted octanol–water partition coefficient (Wildman–Crippen LogP) is 1.32. The summed E-state index contributed by atoms with van der Waals surface area (Å²) in [6.07, 6.45) is 1.21. The van der Waals surface area contributed by atoms with Gasteiger partial charge in [0.1, 0.15) is 0 Å². The highest BCUT2D eigenvalue weighted by Gasteiger charge is 2.19. The maximum Gasteiger partial charge on any atom is 0.0957 e. The van der Waals surface area contributed by atoms with Crippen LogP contribution >= 0.6 is 11.3 Å². The second kappa shape index (κ2) is 2.93. The number of nitrogens with two attached hydrogens (primary N) is 1. The average molecular weight is 169 g/mol. The predicted molar refractivity (Wildman–Crippen MR) is 45.8 cm³/mol. The van der Waals surface area contributed by atoms with Crippen molar-refractivity contribution < 1.29 is 4.74 Å². The van der Waals surface area contributed by atoms with Gasteiger partial charge in [0.25, 0.3) is 0 Å². The molecule has 1 aliphatic heterocycles. The van der Waals surface area contributed by atoms with E-state index in [-0.39, 0.29) is 6.10 Å². The Morgan fingerprint density at radius 2 is 2.55 bits per heavy atom. The van der Waals surface area contributed by atoms with Crippen LogP contribution in [0.25, 0.3) is 0 Å². The second-order valence-corrected chi connectivity index (χ2v) is 3.44. The maximum atomic E-state index is 5.56. The van der Waals surface area contributed by atoms with Gasteiger partial charge in [0.15, 0.2) is 0 Å². The molecule has 3 heteroatoms. The fourth-order valence-electron chi connectivity index (χ4n) is 1.42. The molecule has 1 aromatic rings. The molecule has 1 aliphatic rings. The number of hydrogen-bond donors (Lipinski definition) is 1. The highest BCUT2D eigenvalue weighted by atomic mass is 32.1. The Morgan fingerprint density at radius 1 is 1.64 bits per heavy atom. The smallest absolute Gasteiger partial charge is 0.0957 e. The van der Waals surface area contributed by atoms with E-state index in [4.69, 9.17) is 10.5 Å². The van der Waals surface area contributed by atoms with Crippen molar-refractivity contribution in [3.8, 4) is 0 Å². The van der Waals surface area contributed by atoms with E-state index in [0.29, 0.717) is 6.54 Å². The van der Waals surface area contributed by atoms with Crippen molar-refractivity contribution in [3.63, 3.8) is 0 Å². The van der Waals surface area contributed by atoms with E-state index < -0.39 is 0 Å². The zero-order chi connectivity index (χ0) is 7.68. The Bertz CT molecular complexity index is 246. The van der Waals surface area contributed by atoms with Crippen molar-refractivity contribution in [1.82, 2.24) is 0 Å². The van der Waals surface area contributed by atoms with Gasteiger partial charge in [-0.15, -0.1) is 0 Å². The van der Waals surface area contributed by atoms with Gasteiger partial charge in [0, 0.05) is 6.54 Å². The van der Waals surface area contributed by atoms with E-state index in [0.717, 1.165) is 13.0 Å². The number of fused-ring (bicyclic) bond motifs is 1. The molecule has 0 aromatic carbocycles. The number of ether oxygens (including phenoxy) is 1. The zero-order valence-electron chi connectivity index (χ0n) is 6.25. The topological polar surface area (TPSA) is 35.2 Å². The van der Waals surface area contributed by atoms with Crippen LogP contribution in [-0.4, -0.2) is 13.2 Å². The van der Waals surface area contributed by atoms with Gasteiger partial charge in [-0.3, -0.25) is 0 Å². The van der Waals surface area contributed by atoms with Crippen molar-refractivity contribution in [2.75, 3.05) is 13.2 Å². The van der Waals surface area contributed by atoms with Gasteiger partial charge in [0.05, 0.1) is 12.7 Å². The Hall–Kier alpha value is -0.380. The standard InChI is InChI=1S/C8H11NOS/c9-3-8-7-5-11-4-6(7)1-2-10-8/h4-5,8H,1-3,9H2. The molecular formula is C8H11NOS. The quantitative estimate of drug-likeness (QED) is 0.688. The fraction of sp³-hybridized carbons (Fsp3) is 0.500. The summed E-state index contributed by atoms with van der Waals surface area (Å²) in [5.74, 6) is 0. The summed E-state index contributed by atoms with van der Waals surface area (Å²) in [7, 11) is 0. The van der Waals surface area contributed by atoms with Crippen LogP contribution in [0, 0.1) is 0 Å². The zero-order valence-corrected chi connectivity index (χ0v) is 7.06. The number of thiophene rings is 1. The van der Waals surface area contributed by atoms with Crippen LogP contribution in [0.5, 0.6) is 0 Å². The maximum absolute atomic E-state index is 5.56. The summed E-state index contributed by atoms with van der Waals surface area (Å²) in [5.41, 5.74) is 8.29. The molecule has 1 atom stereocenters. The van der Waals surface area contributed by atoms with E-state index in [9.17, 15) is 0 Å². The molecule has 1 aromatic heterocycles. The van der Waals surface area contributed by atoms with Crippen LogP contribution in [0.1, 0.15) is 17.2 Å². The Kier molecular flexibility index (Phi) is 1.94. The lowest BCUT2D eigenvalue weighted by atomic mass is 10.0. The van der Waals surface area contributed by atoms with Gasteiger partial charge in [-0.25, -0.2) is 0 Å². The largest absolute Gasteiger partial charge is 0.372 e. The van der Waals surface area contributed by atoms with Crippen LogP contribution in [0.2, 0.25) is 0 Å². The summed E-state index contributed by atoms with van der Waals surface area (Å²) in [6.45, 7) is 1.43. The molecule has 0 aliphatic carbocycles. The first-order valence-corrected chi connectivity index (χ1v) is 4.72. The molecule has 2 heterocycles. The second-order valence-electron chi connectivity index (χ2n) is 2.70. The van der Waals surface area contributed by atoms with Crippen molar-refractivity contribution in [3.05, 3.63) is 21.9 Å². The normalized spacial score (nSPS) is 23.2. The van der Waals surface area contributed by atoms with Crippen LogP contribution in [-0.2, 0) is 11.2 Å². The summed E-state index contributed by atoms with van der Waals surface area (Å²) in [5, 5.41) is 4.34. The molecule has 0 radical (unpaired) electrons. The van der Waals surface area contributed by atoms with E-state index in [1.165, 1.54) is 11.1 Å². The third-order valence-corrected chi connectivity index (χ3v) is 2.84. The van der Waals surface area contributed by atoms with Crippen LogP contribution in [0.3, 0.4) is 0 Å². The van der Waals surface area contributed by atoms with Crippen molar-refractivity contribution >= 4 is 11.3 Å². The molecule has 0 saturated carbocycles. The SMILES string of the molecule is NCC1OCCc2cscc21. The van der Waals surface area contributed by atoms with Gasteiger partial charge < -0.3 is 10.5 Å². The van der Waals surface area contributed by atoms with Crippen molar-refractivity contribution in [1.29, 1.82) is 0 Å². The van der Waals surface area contributed by atoms with E-state index in [1.807, 2.05) is 0 Å². The minimum atomic E-state index is 0.157. The number of rotatable bonds is 1. The first-order valence-electron chi connectivity index (χ1n) is 3.78. The van der Waals surface area contributed by atoms with E-state index in [2.05, 4.69) is 10.8 Å². The molecule has 0 saturated heterocycles. The van der Waals surface area contributed by atoms with E-state index >= 15 is 0 Å². The lowest BCUT2D eigenvalue weighted by Gasteiger charge is -2.21. The van der Waals surface area contributed by atoms with E-state index in [1.54, 1.807) is 11.3 Å². The van der Waals surface area contributed by atoms with Crippen LogP contribution in [0.4, 0.5) is 0 Å². The van der Waals surface area contributed by atoms with Crippen LogP contribution in [0.15, 0.2) is 10.8 Å². The molecule has 2 N–H and O–H groups in total. The summed E-state index contributed by atoms with van der Waals surface area (Å²) in [6, 6.07) is 0. The molecule has 0 bridgehead atoms. The van der Waals surface area contributed by atoms with Gasteiger partial charge in [-0.1, -0.05) is 0 Å². The molecule has 0 amide bonds. The minimum absolute atomic E-state index is 0.157. The van der Waals surface area contributed by atoms with Crippen molar-refractivity contribution in [2.45, 2.75) is 12.5 Å². The molecule has 2 nitrogen and oxygen atoms in total. The lowest BCUT2D eigenvalue weighted by Crippen LogP contribution is -2.21. The molecular weight excluding hydrogens is 158 g/mol. The molecule has 0 spiro atoms. The van der Waals surface area contributed by atoms with Gasteiger partial charge in [-0.2, -0.15) is 11.3 Å². The molecule has 11 heavy (non-hydrogen) atoms. The Morgan fingerprint density at radius 3 is 3.36 bits per heavy atom. The Labute approximate surface area is 70.0 Å². The van der Waals surface area contributed by atoms with Gasteiger partial charge in [-0.05, 0) is 28.3 Å². The molecule has 60 valence electrons. The summed E-state index contributed by atoms with van der Waals surface area (Å²) >= 11 is 1.74. The van der Waals surface area contributed by atoms with Gasteiger partial charge >= 0.3 is 0 Å². The molecule has 2 rings (SSSR count). The first-order chi connectivity index (χ1) is 5.42. The monoisotopic (exact) mass is 169 g/mol. The number of hydrogen-bond acceptors (Lipinski definition) is 3. The average Bonchev–Trinajstić information content (AvgIpc) is 2.50. The van der Waals surface area contributed by atoms with Gasteiger partial charge in [0.2, 0.25) is 0 Å². The van der Waals surface area contributed by atoms with Crippen molar-refractivity contribution in [2.24, 2.45) is 5.73 Å². The minimum Gasteiger partial charge on any atom is -0.372 e. The highest BCUT2D eigenvalue weighted by Crippen LogP contribution is 2.28. The third kappa shape index (κ3) is 1.20. The molecule has 1 unspecified atom stereocenters. The lowest BCUT2D eigenvalue weighted by molar-refractivity contribution is 0.0491.